The van der Waals surface area contributed by atoms with Crippen LogP contribution >= 0.6 is 0 Å². The molecule has 8 heteroatoms. The van der Waals surface area contributed by atoms with Gasteiger partial charge in [-0.1, -0.05) is 53.6 Å². The number of hydrogen-bond donors (Lipinski definition) is 1. The number of aromatic nitrogens is 2. The zero-order chi connectivity index (χ0) is 22.0. The van der Waals surface area contributed by atoms with Crippen molar-refractivity contribution in [3.05, 3.63) is 90.0 Å². The second-order valence-corrected chi connectivity index (χ2v) is 8.94. The summed E-state index contributed by atoms with van der Waals surface area (Å²) in [5, 5.41) is 22.9. The molecule has 0 bridgehead atoms. The van der Waals surface area contributed by atoms with E-state index in [4.69, 9.17) is 0 Å². The summed E-state index contributed by atoms with van der Waals surface area (Å²) in [6.07, 6.45) is 0. The highest BCUT2D eigenvalue weighted by atomic mass is 32.2. The maximum atomic E-state index is 13.1. The second-order valence-electron chi connectivity index (χ2n) is 7.08. The zero-order valence-electron chi connectivity index (χ0n) is 17.0. The van der Waals surface area contributed by atoms with Gasteiger partial charge in [-0.2, -0.15) is 0 Å². The normalized spacial score (nSPS) is 11.8. The maximum absolute atomic E-state index is 13.1. The molecule has 0 aliphatic rings. The second kappa shape index (κ2) is 8.16. The lowest BCUT2D eigenvalue weighted by atomic mass is 10.2. The van der Waals surface area contributed by atoms with E-state index >= 15 is 0 Å². The Hall–Kier alpha value is -3.78. The third-order valence-electron chi connectivity index (χ3n) is 4.69. The first kappa shape index (κ1) is 20.5. The van der Waals surface area contributed by atoms with Crippen molar-refractivity contribution in [2.75, 3.05) is 0 Å². The van der Waals surface area contributed by atoms with Gasteiger partial charge in [0, 0.05) is 0 Å². The van der Waals surface area contributed by atoms with Gasteiger partial charge in [0.2, 0.25) is 26.4 Å². The summed E-state index contributed by atoms with van der Waals surface area (Å²) in [6.45, 7) is 3.90. The molecule has 3 aromatic carbocycles. The molecule has 0 saturated carbocycles. The molecule has 0 atom stereocenters. The number of hydrogen-bond acceptors (Lipinski definition) is 6. The van der Waals surface area contributed by atoms with Crippen molar-refractivity contribution in [1.82, 2.24) is 9.78 Å². The van der Waals surface area contributed by atoms with Crippen LogP contribution in [0.2, 0.25) is 0 Å². The number of benzene rings is 3. The summed E-state index contributed by atoms with van der Waals surface area (Å²) < 4.78 is 27.5. The predicted molar refractivity (Wildman–Crippen MR) is 117 cm³/mol. The Morgan fingerprint density at radius 3 is 2.00 bits per heavy atom. The highest BCUT2D eigenvalue weighted by Gasteiger charge is 2.30. The van der Waals surface area contributed by atoms with E-state index in [1.807, 2.05) is 38.1 Å². The topological polar surface area (TPSA) is 96.9 Å². The molecule has 1 aromatic heterocycles. The van der Waals surface area contributed by atoms with Gasteiger partial charge in [-0.3, -0.25) is 0 Å². The van der Waals surface area contributed by atoms with Crippen molar-refractivity contribution in [3.8, 4) is 11.4 Å². The molecule has 4 rings (SSSR count). The number of rotatable bonds is 5. The summed E-state index contributed by atoms with van der Waals surface area (Å²) >= 11 is 0. The van der Waals surface area contributed by atoms with E-state index < -0.39 is 20.6 Å². The highest BCUT2D eigenvalue weighted by Crippen LogP contribution is 2.38. The third-order valence-corrected chi connectivity index (χ3v) is 6.36. The van der Waals surface area contributed by atoms with E-state index in [-0.39, 0.29) is 10.7 Å². The third kappa shape index (κ3) is 4.10. The molecule has 0 aliphatic heterocycles. The molecular formula is C23H20N4O3S. The van der Waals surface area contributed by atoms with Crippen LogP contribution in [-0.2, 0) is 9.84 Å². The van der Waals surface area contributed by atoms with Crippen LogP contribution in [0.15, 0.2) is 99.0 Å². The SMILES string of the molecule is Cc1ccc(N=Nc2c(O)c(S(=O)(=O)c3ccccc3)nn2-c2ccc(C)cc2)cc1. The van der Waals surface area contributed by atoms with Crippen LogP contribution in [-0.4, -0.2) is 23.3 Å². The Labute approximate surface area is 180 Å². The van der Waals surface area contributed by atoms with Crippen molar-refractivity contribution in [1.29, 1.82) is 0 Å². The van der Waals surface area contributed by atoms with E-state index in [9.17, 15) is 13.5 Å². The van der Waals surface area contributed by atoms with E-state index in [0.29, 0.717) is 11.4 Å². The van der Waals surface area contributed by atoms with Crippen LogP contribution in [0.1, 0.15) is 11.1 Å². The van der Waals surface area contributed by atoms with E-state index in [2.05, 4.69) is 15.3 Å². The van der Waals surface area contributed by atoms with Gasteiger partial charge in [0.25, 0.3) is 0 Å². The first-order valence-corrected chi connectivity index (χ1v) is 11.0. The highest BCUT2D eigenvalue weighted by molar-refractivity contribution is 7.91. The van der Waals surface area contributed by atoms with Crippen molar-refractivity contribution >= 4 is 21.3 Å². The Morgan fingerprint density at radius 2 is 1.39 bits per heavy atom. The lowest BCUT2D eigenvalue weighted by Crippen LogP contribution is -2.04. The van der Waals surface area contributed by atoms with Crippen LogP contribution < -0.4 is 0 Å². The Kier molecular flexibility index (Phi) is 5.39. The molecule has 4 aromatic rings. The largest absolute Gasteiger partial charge is 0.502 e. The molecule has 0 aliphatic carbocycles. The molecule has 0 spiro atoms. The van der Waals surface area contributed by atoms with Gasteiger partial charge in [0.15, 0.2) is 0 Å². The van der Waals surface area contributed by atoms with Crippen LogP contribution in [0, 0.1) is 13.8 Å². The number of aryl methyl sites for hydroxylation is 2. The molecule has 0 saturated heterocycles. The standard InChI is InChI=1S/C23H20N4O3S/c1-16-8-12-18(13-9-16)24-25-22-21(28)23(31(29,30)20-6-4-3-5-7-20)26-27(22)19-14-10-17(2)11-15-19/h3-15,28H,1-2H3. The van der Waals surface area contributed by atoms with Gasteiger partial charge < -0.3 is 5.11 Å². The number of aromatic hydroxyl groups is 1. The van der Waals surface area contributed by atoms with E-state index in [0.717, 1.165) is 11.1 Å². The fourth-order valence-electron chi connectivity index (χ4n) is 2.95. The lowest BCUT2D eigenvalue weighted by Gasteiger charge is -2.04. The molecule has 0 amide bonds. The van der Waals surface area contributed by atoms with Gasteiger partial charge in [0.1, 0.15) is 0 Å². The molecule has 0 unspecified atom stereocenters. The zero-order valence-corrected chi connectivity index (χ0v) is 17.8. The minimum atomic E-state index is -4.06. The maximum Gasteiger partial charge on any atom is 0.229 e. The van der Waals surface area contributed by atoms with Gasteiger partial charge in [0.05, 0.1) is 16.3 Å². The molecule has 7 nitrogen and oxygen atoms in total. The minimum absolute atomic E-state index is 0.0286. The first-order chi connectivity index (χ1) is 14.9. The van der Waals surface area contributed by atoms with Crippen LogP contribution in [0.4, 0.5) is 11.5 Å². The number of nitrogens with zero attached hydrogens (tertiary/aromatic N) is 4. The molecule has 1 N–H and O–H groups in total. The summed E-state index contributed by atoms with van der Waals surface area (Å²) in [5.74, 6) is -0.626. The average Bonchev–Trinajstić information content (AvgIpc) is 3.11. The molecule has 31 heavy (non-hydrogen) atoms. The van der Waals surface area contributed by atoms with Gasteiger partial charge in [-0.25, -0.2) is 13.1 Å². The van der Waals surface area contributed by atoms with Crippen LogP contribution in [0.3, 0.4) is 0 Å². The Morgan fingerprint density at radius 1 is 0.806 bits per heavy atom. The molecule has 0 fully saturated rings. The van der Waals surface area contributed by atoms with Crippen molar-refractivity contribution in [3.63, 3.8) is 0 Å². The summed E-state index contributed by atoms with van der Waals surface area (Å²) in [6, 6.07) is 22.4. The molecule has 1 heterocycles. The van der Waals surface area contributed by atoms with Crippen LogP contribution in [0.5, 0.6) is 5.75 Å². The van der Waals surface area contributed by atoms with Crippen LogP contribution in [0.25, 0.3) is 5.69 Å². The average molecular weight is 433 g/mol. The van der Waals surface area contributed by atoms with Crippen molar-refractivity contribution < 1.29 is 13.5 Å². The predicted octanol–water partition coefficient (Wildman–Crippen LogP) is 5.44. The summed E-state index contributed by atoms with van der Waals surface area (Å²) in [7, 11) is -4.06. The van der Waals surface area contributed by atoms with Crippen molar-refractivity contribution in [2.24, 2.45) is 10.2 Å². The molecule has 156 valence electrons. The summed E-state index contributed by atoms with van der Waals surface area (Å²) in [5.41, 5.74) is 3.21. The van der Waals surface area contributed by atoms with Gasteiger partial charge in [-0.15, -0.1) is 15.3 Å². The quantitative estimate of drug-likeness (QED) is 0.425. The first-order valence-electron chi connectivity index (χ1n) is 9.54. The Balaban J connectivity index is 1.88. The smallest absolute Gasteiger partial charge is 0.229 e. The monoisotopic (exact) mass is 432 g/mol. The van der Waals surface area contributed by atoms with Gasteiger partial charge >= 0.3 is 0 Å². The van der Waals surface area contributed by atoms with Gasteiger partial charge in [-0.05, 0) is 50.2 Å². The fraction of sp³-hybridized carbons (Fsp3) is 0.0870. The number of sulfone groups is 1. The number of azo groups is 1. The van der Waals surface area contributed by atoms with E-state index in [1.165, 1.54) is 16.8 Å². The molecule has 0 radical (unpaired) electrons. The minimum Gasteiger partial charge on any atom is -0.502 e. The van der Waals surface area contributed by atoms with Crippen molar-refractivity contribution in [2.45, 2.75) is 23.8 Å². The van der Waals surface area contributed by atoms with E-state index in [1.54, 1.807) is 42.5 Å². The lowest BCUT2D eigenvalue weighted by molar-refractivity contribution is 0.459. The summed E-state index contributed by atoms with van der Waals surface area (Å²) in [4.78, 5) is 0.0286. The Bertz CT molecular complexity index is 1340. The molecular weight excluding hydrogens is 412 g/mol. The fourth-order valence-corrected chi connectivity index (χ4v) is 4.22.